The molecule has 3 nitrogen and oxygen atoms in total. The summed E-state index contributed by atoms with van der Waals surface area (Å²) in [6.07, 6.45) is 3.19. The molecule has 0 aromatic rings. The monoisotopic (exact) mass is 233 g/mol. The molecule has 1 heterocycles. The molecule has 0 unspecified atom stereocenters. The zero-order valence-corrected chi connectivity index (χ0v) is 9.10. The fourth-order valence-electron chi connectivity index (χ4n) is 0.933. The molecule has 5 heteroatoms. The Kier molecular flexibility index (Phi) is 4.17. The molecule has 0 radical (unpaired) electrons. The van der Waals surface area contributed by atoms with Crippen LogP contribution < -0.4 is 0 Å². The molecule has 1 aliphatic heterocycles. The Bertz CT molecular complexity index is 332. The third kappa shape index (κ3) is 3.16. The lowest BCUT2D eigenvalue weighted by atomic mass is 10.2. The van der Waals surface area contributed by atoms with Crippen LogP contribution in [0.3, 0.4) is 0 Å². The zero-order valence-electron chi connectivity index (χ0n) is 7.59. The van der Waals surface area contributed by atoms with Gasteiger partial charge in [-0.1, -0.05) is 23.2 Å². The number of allylic oxidation sites excluding steroid dienone is 2. The normalized spacial score (nSPS) is 16.4. The van der Waals surface area contributed by atoms with Gasteiger partial charge in [-0.05, 0) is 13.0 Å². The van der Waals surface area contributed by atoms with E-state index in [0.29, 0.717) is 23.6 Å². The maximum Gasteiger partial charge on any atom is 0.335 e. The number of ether oxygens (including phenoxy) is 1. The summed E-state index contributed by atoms with van der Waals surface area (Å²) in [6.45, 7) is 2.07. The van der Waals surface area contributed by atoms with E-state index in [1.807, 2.05) is 0 Å². The molecule has 0 fully saturated rings. The molecule has 0 amide bonds. The van der Waals surface area contributed by atoms with Crippen LogP contribution in [0.4, 0.5) is 0 Å². The Morgan fingerprint density at radius 2 is 2.36 bits per heavy atom. The van der Waals surface area contributed by atoms with Gasteiger partial charge in [0.15, 0.2) is 0 Å². The number of hydrogen-bond acceptors (Lipinski definition) is 3. The minimum atomic E-state index is -0.408. The summed E-state index contributed by atoms with van der Waals surface area (Å²) in [5.74, 6) is -0.408. The Balaban J connectivity index is 2.82. The molecule has 0 bridgehead atoms. The molecule has 0 aromatic carbocycles. The fraction of sp³-hybridized carbons (Fsp3) is 0.333. The summed E-state index contributed by atoms with van der Waals surface area (Å²) in [5.41, 5.74) is 0.406. The number of carbonyl (C=O) groups is 1. The Labute approximate surface area is 92.1 Å². The molecule has 1 aliphatic rings. The van der Waals surface area contributed by atoms with Gasteiger partial charge < -0.3 is 4.74 Å². The molecule has 0 aliphatic carbocycles. The van der Waals surface area contributed by atoms with Crippen molar-refractivity contribution in [3.05, 3.63) is 22.9 Å². The molecular formula is C9H9Cl2NO2. The second-order valence-corrected chi connectivity index (χ2v) is 3.47. The van der Waals surface area contributed by atoms with Crippen molar-refractivity contribution < 1.29 is 9.53 Å². The first-order valence-electron chi connectivity index (χ1n) is 4.09. The smallest absolute Gasteiger partial charge is 0.335 e. The van der Waals surface area contributed by atoms with Crippen molar-refractivity contribution in [2.24, 2.45) is 4.99 Å². The number of aliphatic imine (C=N–C) groups is 1. The van der Waals surface area contributed by atoms with Crippen LogP contribution in [0.2, 0.25) is 0 Å². The van der Waals surface area contributed by atoms with Gasteiger partial charge in [0.2, 0.25) is 0 Å². The average molecular weight is 234 g/mol. The van der Waals surface area contributed by atoms with Gasteiger partial charge in [-0.25, -0.2) is 9.79 Å². The summed E-state index contributed by atoms with van der Waals surface area (Å²) in [6, 6.07) is 0. The maximum absolute atomic E-state index is 11.3. The van der Waals surface area contributed by atoms with Crippen LogP contribution in [0.15, 0.2) is 27.9 Å². The number of nitrogens with zero attached hydrogens (tertiary/aromatic N) is 1. The molecule has 0 aromatic heterocycles. The van der Waals surface area contributed by atoms with E-state index in [-0.39, 0.29) is 5.17 Å². The van der Waals surface area contributed by atoms with E-state index < -0.39 is 5.97 Å². The van der Waals surface area contributed by atoms with Crippen LogP contribution in [-0.2, 0) is 9.53 Å². The predicted octanol–water partition coefficient (Wildman–Crippen LogP) is 2.60. The minimum absolute atomic E-state index is 0.259. The van der Waals surface area contributed by atoms with E-state index in [1.165, 1.54) is 12.3 Å². The molecule has 76 valence electrons. The van der Waals surface area contributed by atoms with Gasteiger partial charge in [0.05, 0.1) is 12.2 Å². The number of esters is 1. The molecule has 0 spiro atoms. The van der Waals surface area contributed by atoms with Gasteiger partial charge in [-0.15, -0.1) is 0 Å². The van der Waals surface area contributed by atoms with Crippen LogP contribution in [0.25, 0.3) is 0 Å². The standard InChI is InChI=1S/C9H9Cl2NO2/c1-2-14-9(13)6-3-7(10)4-8(11)12-5-6/h4-5H,2-3H2,1H3. The average Bonchev–Trinajstić information content (AvgIpc) is 2.27. The van der Waals surface area contributed by atoms with E-state index in [1.54, 1.807) is 6.92 Å². The Morgan fingerprint density at radius 3 is 3.00 bits per heavy atom. The topological polar surface area (TPSA) is 38.7 Å². The lowest BCUT2D eigenvalue weighted by molar-refractivity contribution is -0.138. The van der Waals surface area contributed by atoms with Gasteiger partial charge in [-0.2, -0.15) is 0 Å². The van der Waals surface area contributed by atoms with Crippen LogP contribution >= 0.6 is 23.2 Å². The second kappa shape index (κ2) is 5.17. The molecule has 0 atom stereocenters. The van der Waals surface area contributed by atoms with Crippen LogP contribution in [0.5, 0.6) is 0 Å². The first-order valence-corrected chi connectivity index (χ1v) is 4.84. The zero-order chi connectivity index (χ0) is 10.6. The van der Waals surface area contributed by atoms with Crippen LogP contribution in [-0.4, -0.2) is 17.7 Å². The summed E-state index contributed by atoms with van der Waals surface area (Å²) >= 11 is 11.5. The molecule has 0 N–H and O–H groups in total. The molecule has 1 rings (SSSR count). The largest absolute Gasteiger partial charge is 0.463 e. The number of hydrogen-bond donors (Lipinski definition) is 0. The lowest BCUT2D eigenvalue weighted by Crippen LogP contribution is -2.07. The lowest BCUT2D eigenvalue weighted by Gasteiger charge is -2.03. The summed E-state index contributed by atoms with van der Waals surface area (Å²) in [5, 5.41) is 0.727. The van der Waals surface area contributed by atoms with Gasteiger partial charge in [0.1, 0.15) is 5.17 Å². The number of carbonyl (C=O) groups excluding carboxylic acids is 1. The second-order valence-electron chi connectivity index (χ2n) is 2.59. The maximum atomic E-state index is 11.3. The van der Waals surface area contributed by atoms with E-state index >= 15 is 0 Å². The Hall–Kier alpha value is -0.800. The predicted molar refractivity (Wildman–Crippen MR) is 56.6 cm³/mol. The van der Waals surface area contributed by atoms with Gasteiger partial charge in [0.25, 0.3) is 0 Å². The van der Waals surface area contributed by atoms with Crippen molar-refractivity contribution in [3.63, 3.8) is 0 Å². The quantitative estimate of drug-likeness (QED) is 0.688. The third-order valence-electron chi connectivity index (χ3n) is 1.52. The van der Waals surface area contributed by atoms with Crippen molar-refractivity contribution in [1.82, 2.24) is 0 Å². The minimum Gasteiger partial charge on any atom is -0.463 e. The fourth-order valence-corrected chi connectivity index (χ4v) is 1.42. The van der Waals surface area contributed by atoms with Gasteiger partial charge in [-0.3, -0.25) is 0 Å². The first kappa shape index (κ1) is 11.3. The van der Waals surface area contributed by atoms with Crippen molar-refractivity contribution in [3.8, 4) is 0 Å². The van der Waals surface area contributed by atoms with E-state index in [4.69, 9.17) is 27.9 Å². The Morgan fingerprint density at radius 1 is 1.64 bits per heavy atom. The highest BCUT2D eigenvalue weighted by molar-refractivity contribution is 6.69. The van der Waals surface area contributed by atoms with Crippen molar-refractivity contribution in [1.29, 1.82) is 0 Å². The number of rotatable bonds is 2. The molecule has 0 saturated carbocycles. The molecule has 0 saturated heterocycles. The van der Waals surface area contributed by atoms with E-state index in [2.05, 4.69) is 4.99 Å². The molecule has 14 heavy (non-hydrogen) atoms. The van der Waals surface area contributed by atoms with E-state index in [0.717, 1.165) is 0 Å². The first-order chi connectivity index (χ1) is 6.63. The van der Waals surface area contributed by atoms with Crippen molar-refractivity contribution in [2.45, 2.75) is 13.3 Å². The van der Waals surface area contributed by atoms with Crippen molar-refractivity contribution in [2.75, 3.05) is 6.61 Å². The van der Waals surface area contributed by atoms with Crippen molar-refractivity contribution >= 4 is 34.3 Å². The summed E-state index contributed by atoms with van der Waals surface area (Å²) in [7, 11) is 0. The highest BCUT2D eigenvalue weighted by Gasteiger charge is 2.14. The van der Waals surface area contributed by atoms with Crippen LogP contribution in [0, 0.1) is 0 Å². The molecular weight excluding hydrogens is 225 g/mol. The highest BCUT2D eigenvalue weighted by atomic mass is 35.5. The van der Waals surface area contributed by atoms with E-state index in [9.17, 15) is 4.79 Å². The van der Waals surface area contributed by atoms with Crippen LogP contribution in [0.1, 0.15) is 13.3 Å². The highest BCUT2D eigenvalue weighted by Crippen LogP contribution is 2.20. The third-order valence-corrected chi connectivity index (χ3v) is 1.97. The number of halogens is 2. The summed E-state index contributed by atoms with van der Waals surface area (Å²) < 4.78 is 4.82. The summed E-state index contributed by atoms with van der Waals surface area (Å²) in [4.78, 5) is 15.1. The van der Waals surface area contributed by atoms with Gasteiger partial charge >= 0.3 is 5.97 Å². The SMILES string of the molecule is CCOC(=O)C1=CN=C(Cl)C=C(Cl)C1. The van der Waals surface area contributed by atoms with Gasteiger partial charge in [0, 0.05) is 17.7 Å².